The Labute approximate surface area is 110 Å². The Bertz CT molecular complexity index is 632. The lowest BCUT2D eigenvalue weighted by molar-refractivity contribution is 0.475. The first-order chi connectivity index (χ1) is 9.06. The first-order valence-corrected chi connectivity index (χ1v) is 6.35. The second-order valence-electron chi connectivity index (χ2n) is 5.25. The van der Waals surface area contributed by atoms with Crippen LogP contribution in [0.2, 0.25) is 0 Å². The van der Waals surface area contributed by atoms with E-state index >= 15 is 0 Å². The highest BCUT2D eigenvalue weighted by Gasteiger charge is 2.26. The van der Waals surface area contributed by atoms with Crippen molar-refractivity contribution in [2.75, 3.05) is 0 Å². The van der Waals surface area contributed by atoms with Crippen molar-refractivity contribution in [1.29, 1.82) is 0 Å². The second kappa shape index (κ2) is 4.34. The summed E-state index contributed by atoms with van der Waals surface area (Å²) in [6.45, 7) is 2.04. The van der Waals surface area contributed by atoms with Crippen molar-refractivity contribution < 1.29 is 13.9 Å². The quantitative estimate of drug-likeness (QED) is 0.819. The number of halogens is 2. The van der Waals surface area contributed by atoms with E-state index in [9.17, 15) is 13.9 Å². The zero-order chi connectivity index (χ0) is 13.6. The maximum atomic E-state index is 14.1. The first-order valence-electron chi connectivity index (χ1n) is 6.35. The minimum absolute atomic E-state index is 0.111. The van der Waals surface area contributed by atoms with E-state index in [1.165, 1.54) is 12.1 Å². The number of rotatable bonds is 1. The van der Waals surface area contributed by atoms with Gasteiger partial charge in [0.15, 0.2) is 11.6 Å². The molecule has 1 atom stereocenters. The number of hydrogen-bond acceptors (Lipinski definition) is 1. The molecule has 0 heterocycles. The maximum absolute atomic E-state index is 14.1. The molecule has 2 aromatic rings. The average Bonchev–Trinajstić information content (AvgIpc) is 2.76. The lowest BCUT2D eigenvalue weighted by Gasteiger charge is -2.09. The average molecular weight is 260 g/mol. The van der Waals surface area contributed by atoms with Gasteiger partial charge in [-0.2, -0.15) is 0 Å². The Kier molecular flexibility index (Phi) is 2.77. The Morgan fingerprint density at radius 2 is 1.74 bits per heavy atom. The molecule has 0 saturated heterocycles. The molecule has 2 aromatic carbocycles. The number of hydrogen-bond donors (Lipinski definition) is 1. The highest BCUT2D eigenvalue weighted by molar-refractivity contribution is 5.67. The normalized spacial score (nSPS) is 17.5. The van der Waals surface area contributed by atoms with Crippen LogP contribution in [0.1, 0.15) is 18.1 Å². The molecule has 98 valence electrons. The smallest absolute Gasteiger partial charge is 0.166 e. The fourth-order valence-corrected chi connectivity index (χ4v) is 2.77. The Balaban J connectivity index is 2.16. The van der Waals surface area contributed by atoms with Crippen LogP contribution in [0, 0.1) is 17.6 Å². The van der Waals surface area contributed by atoms with Gasteiger partial charge in [-0.15, -0.1) is 0 Å². The summed E-state index contributed by atoms with van der Waals surface area (Å²) in [5.41, 5.74) is 2.27. The van der Waals surface area contributed by atoms with E-state index in [0.29, 0.717) is 23.5 Å². The van der Waals surface area contributed by atoms with E-state index in [4.69, 9.17) is 0 Å². The van der Waals surface area contributed by atoms with Crippen LogP contribution in [0.25, 0.3) is 11.1 Å². The topological polar surface area (TPSA) is 20.2 Å². The Morgan fingerprint density at radius 3 is 2.42 bits per heavy atom. The third-order valence-corrected chi connectivity index (χ3v) is 3.70. The van der Waals surface area contributed by atoms with E-state index in [-0.39, 0.29) is 11.3 Å². The highest BCUT2D eigenvalue weighted by Crippen LogP contribution is 2.35. The van der Waals surface area contributed by atoms with E-state index in [2.05, 4.69) is 0 Å². The molecule has 0 aliphatic heterocycles. The van der Waals surface area contributed by atoms with Gasteiger partial charge >= 0.3 is 0 Å². The van der Waals surface area contributed by atoms with Gasteiger partial charge in [0.25, 0.3) is 0 Å². The molecule has 1 aliphatic rings. The lowest BCUT2D eigenvalue weighted by Crippen LogP contribution is -1.97. The Morgan fingerprint density at radius 1 is 1.05 bits per heavy atom. The molecule has 0 fully saturated rings. The van der Waals surface area contributed by atoms with Gasteiger partial charge in [-0.1, -0.05) is 19.1 Å². The van der Waals surface area contributed by atoms with Crippen LogP contribution >= 0.6 is 0 Å². The second-order valence-corrected chi connectivity index (χ2v) is 5.25. The summed E-state index contributed by atoms with van der Waals surface area (Å²) in [7, 11) is 0. The molecule has 0 amide bonds. The molecule has 3 heteroatoms. The van der Waals surface area contributed by atoms with Gasteiger partial charge in [0.1, 0.15) is 5.75 Å². The van der Waals surface area contributed by atoms with Crippen LogP contribution in [0.4, 0.5) is 8.78 Å². The number of fused-ring (bicyclic) bond motifs is 1. The number of aromatic hydroxyl groups is 1. The molecule has 0 saturated carbocycles. The summed E-state index contributed by atoms with van der Waals surface area (Å²) in [4.78, 5) is 0. The van der Waals surface area contributed by atoms with Crippen molar-refractivity contribution in [3.05, 3.63) is 53.1 Å². The number of phenolic OH excluding ortho intramolecular Hbond substituents is 1. The predicted molar refractivity (Wildman–Crippen MR) is 70.0 cm³/mol. The molecule has 0 spiro atoms. The number of benzene rings is 2. The predicted octanol–water partition coefficient (Wildman–Crippen LogP) is 4.07. The fourth-order valence-electron chi connectivity index (χ4n) is 2.77. The minimum atomic E-state index is -0.793. The third kappa shape index (κ3) is 1.99. The number of phenols is 1. The molecule has 1 nitrogen and oxygen atoms in total. The third-order valence-electron chi connectivity index (χ3n) is 3.70. The zero-order valence-electron chi connectivity index (χ0n) is 10.6. The molecule has 0 aromatic heterocycles. The van der Waals surface area contributed by atoms with Crippen molar-refractivity contribution >= 4 is 0 Å². The van der Waals surface area contributed by atoms with Crippen LogP contribution in [-0.4, -0.2) is 5.11 Å². The summed E-state index contributed by atoms with van der Waals surface area (Å²) in [5, 5.41) is 9.25. The van der Waals surface area contributed by atoms with Crippen molar-refractivity contribution in [1.82, 2.24) is 0 Å². The summed E-state index contributed by atoms with van der Waals surface area (Å²) in [6, 6.07) is 7.88. The van der Waals surface area contributed by atoms with Crippen molar-refractivity contribution in [3.8, 4) is 16.9 Å². The van der Waals surface area contributed by atoms with Crippen LogP contribution < -0.4 is 0 Å². The van der Waals surface area contributed by atoms with Gasteiger partial charge in [-0.3, -0.25) is 0 Å². The van der Waals surface area contributed by atoms with Crippen molar-refractivity contribution in [2.24, 2.45) is 5.92 Å². The van der Waals surface area contributed by atoms with E-state index in [1.54, 1.807) is 18.2 Å². The minimum Gasteiger partial charge on any atom is -0.508 e. The van der Waals surface area contributed by atoms with Gasteiger partial charge in [-0.25, -0.2) is 8.78 Å². The SMILES string of the molecule is CC1Cc2cc(-c3ccc(O)cc3)c(F)c(F)c2C1. The van der Waals surface area contributed by atoms with Gasteiger partial charge in [0, 0.05) is 5.56 Å². The van der Waals surface area contributed by atoms with Crippen LogP contribution in [0.3, 0.4) is 0 Å². The maximum Gasteiger partial charge on any atom is 0.166 e. The Hall–Kier alpha value is -1.90. The standard InChI is InChI=1S/C16H14F2O/c1-9-6-11-8-14(10-2-4-12(19)5-3-10)16(18)15(17)13(11)7-9/h2-5,8-9,19H,6-7H2,1H3. The van der Waals surface area contributed by atoms with E-state index in [0.717, 1.165) is 12.0 Å². The monoisotopic (exact) mass is 260 g/mol. The van der Waals surface area contributed by atoms with E-state index in [1.807, 2.05) is 6.92 Å². The van der Waals surface area contributed by atoms with Crippen molar-refractivity contribution in [2.45, 2.75) is 19.8 Å². The molecular formula is C16H14F2O. The molecule has 1 N–H and O–H groups in total. The molecule has 3 rings (SSSR count). The molecule has 0 radical (unpaired) electrons. The van der Waals surface area contributed by atoms with Gasteiger partial charge in [-0.05, 0) is 53.6 Å². The summed E-state index contributed by atoms with van der Waals surface area (Å²) in [5.74, 6) is -1.04. The molecule has 19 heavy (non-hydrogen) atoms. The van der Waals surface area contributed by atoms with Crippen LogP contribution in [0.5, 0.6) is 5.75 Å². The largest absolute Gasteiger partial charge is 0.508 e. The lowest BCUT2D eigenvalue weighted by atomic mass is 9.99. The van der Waals surface area contributed by atoms with Crippen molar-refractivity contribution in [3.63, 3.8) is 0 Å². The summed E-state index contributed by atoms with van der Waals surface area (Å²) < 4.78 is 28.2. The van der Waals surface area contributed by atoms with E-state index < -0.39 is 11.6 Å². The summed E-state index contributed by atoms with van der Waals surface area (Å²) in [6.07, 6.45) is 1.39. The molecule has 1 aliphatic carbocycles. The summed E-state index contributed by atoms with van der Waals surface area (Å²) >= 11 is 0. The molecular weight excluding hydrogens is 246 g/mol. The zero-order valence-corrected chi connectivity index (χ0v) is 10.6. The van der Waals surface area contributed by atoms with Crippen LogP contribution in [0.15, 0.2) is 30.3 Å². The van der Waals surface area contributed by atoms with Gasteiger partial charge in [0.05, 0.1) is 0 Å². The molecule has 0 bridgehead atoms. The van der Waals surface area contributed by atoms with Gasteiger partial charge < -0.3 is 5.11 Å². The highest BCUT2D eigenvalue weighted by atomic mass is 19.2. The first kappa shape index (κ1) is 12.2. The van der Waals surface area contributed by atoms with Crippen LogP contribution in [-0.2, 0) is 12.8 Å². The molecule has 1 unspecified atom stereocenters. The fraction of sp³-hybridized carbons (Fsp3) is 0.250. The van der Waals surface area contributed by atoms with Gasteiger partial charge in [0.2, 0.25) is 0 Å².